The maximum Gasteiger partial charge on any atom is 0.364 e. The van der Waals surface area contributed by atoms with Gasteiger partial charge in [-0.05, 0) is 38.0 Å². The van der Waals surface area contributed by atoms with Gasteiger partial charge in [0.15, 0.2) is 0 Å². The third-order valence-corrected chi connectivity index (χ3v) is 4.33. The summed E-state index contributed by atoms with van der Waals surface area (Å²) in [5.41, 5.74) is 3.10. The van der Waals surface area contributed by atoms with Crippen LogP contribution in [0.5, 0.6) is 0 Å². The lowest BCUT2D eigenvalue weighted by Crippen LogP contribution is -2.31. The number of nitrogens with zero attached hydrogens (tertiary/aromatic N) is 4. The van der Waals surface area contributed by atoms with Gasteiger partial charge in [-0.2, -0.15) is 10.1 Å². The predicted octanol–water partition coefficient (Wildman–Crippen LogP) is 1.09. The molecule has 1 aliphatic rings. The molecule has 136 valence electrons. The number of esters is 1. The van der Waals surface area contributed by atoms with Crippen molar-refractivity contribution in [3.8, 4) is 11.3 Å². The molecule has 1 aliphatic heterocycles. The number of hydrogen-bond donors (Lipinski definition) is 0. The lowest BCUT2D eigenvalue weighted by atomic mass is 9.97. The number of ether oxygens (including phenoxy) is 1. The van der Waals surface area contributed by atoms with Gasteiger partial charge in [0, 0.05) is 24.7 Å². The van der Waals surface area contributed by atoms with Crippen LogP contribution in [0.1, 0.15) is 24.6 Å². The van der Waals surface area contributed by atoms with E-state index >= 15 is 0 Å². The number of rotatable bonds is 4. The lowest BCUT2D eigenvalue weighted by molar-refractivity contribution is -0.144. The normalized spacial score (nSPS) is 13.5. The van der Waals surface area contributed by atoms with E-state index in [4.69, 9.17) is 4.74 Å². The average Bonchev–Trinajstić information content (AvgIpc) is 2.60. The SMILES string of the molecule is CCOC(=O)Cn1nc(-c2ccc3c(c2)CCC(=O)N3C)c(C)nc1=O. The van der Waals surface area contributed by atoms with Crippen molar-refractivity contribution >= 4 is 17.6 Å². The summed E-state index contributed by atoms with van der Waals surface area (Å²) in [4.78, 5) is 41.1. The van der Waals surface area contributed by atoms with E-state index in [-0.39, 0.29) is 19.1 Å². The van der Waals surface area contributed by atoms with Gasteiger partial charge in [-0.3, -0.25) is 9.59 Å². The van der Waals surface area contributed by atoms with Crippen LogP contribution in [0.15, 0.2) is 23.0 Å². The van der Waals surface area contributed by atoms with Crippen LogP contribution >= 0.6 is 0 Å². The molecule has 1 aromatic heterocycles. The minimum Gasteiger partial charge on any atom is -0.465 e. The van der Waals surface area contributed by atoms with Crippen molar-refractivity contribution in [2.75, 3.05) is 18.6 Å². The molecule has 0 aliphatic carbocycles. The van der Waals surface area contributed by atoms with E-state index < -0.39 is 11.7 Å². The van der Waals surface area contributed by atoms with E-state index in [9.17, 15) is 14.4 Å². The van der Waals surface area contributed by atoms with Crippen LogP contribution in [0.3, 0.4) is 0 Å². The standard InChI is InChI=1S/C18H20N4O4/c1-4-26-16(24)10-22-18(25)19-11(2)17(20-22)13-5-7-14-12(9-13)6-8-15(23)21(14)3/h5,7,9H,4,6,8,10H2,1-3H3. The Morgan fingerprint density at radius 1 is 1.27 bits per heavy atom. The molecule has 0 fully saturated rings. The first-order valence-corrected chi connectivity index (χ1v) is 8.42. The maximum atomic E-state index is 12.0. The van der Waals surface area contributed by atoms with Gasteiger partial charge in [0.1, 0.15) is 12.2 Å². The summed E-state index contributed by atoms with van der Waals surface area (Å²) < 4.78 is 5.88. The fourth-order valence-corrected chi connectivity index (χ4v) is 2.99. The topological polar surface area (TPSA) is 94.4 Å². The Balaban J connectivity index is 2.00. The third kappa shape index (κ3) is 3.35. The molecule has 0 N–H and O–H groups in total. The molecular formula is C18H20N4O4. The maximum absolute atomic E-state index is 12.0. The molecule has 0 spiro atoms. The molecule has 0 atom stereocenters. The number of fused-ring (bicyclic) bond motifs is 1. The van der Waals surface area contributed by atoms with Gasteiger partial charge in [0.05, 0.1) is 12.3 Å². The quantitative estimate of drug-likeness (QED) is 0.761. The third-order valence-electron chi connectivity index (χ3n) is 4.33. The molecule has 2 heterocycles. The molecule has 1 aromatic carbocycles. The number of benzene rings is 1. The van der Waals surface area contributed by atoms with Crippen LogP contribution < -0.4 is 10.6 Å². The average molecular weight is 356 g/mol. The largest absolute Gasteiger partial charge is 0.465 e. The number of carbonyl (C=O) groups excluding carboxylic acids is 2. The number of amides is 1. The van der Waals surface area contributed by atoms with Crippen molar-refractivity contribution in [1.82, 2.24) is 14.8 Å². The van der Waals surface area contributed by atoms with Crippen LogP contribution in [0.4, 0.5) is 5.69 Å². The molecule has 2 aromatic rings. The van der Waals surface area contributed by atoms with Crippen molar-refractivity contribution < 1.29 is 14.3 Å². The van der Waals surface area contributed by atoms with E-state index in [2.05, 4.69) is 10.1 Å². The van der Waals surface area contributed by atoms with Crippen LogP contribution in [0, 0.1) is 6.92 Å². The van der Waals surface area contributed by atoms with Gasteiger partial charge in [0.25, 0.3) is 0 Å². The van der Waals surface area contributed by atoms with Crippen molar-refractivity contribution in [3.63, 3.8) is 0 Å². The van der Waals surface area contributed by atoms with Crippen LogP contribution in [0.25, 0.3) is 11.3 Å². The van der Waals surface area contributed by atoms with Crippen molar-refractivity contribution in [2.24, 2.45) is 0 Å². The first-order valence-electron chi connectivity index (χ1n) is 8.42. The van der Waals surface area contributed by atoms with Crippen LogP contribution in [-0.4, -0.2) is 40.3 Å². The number of anilines is 1. The highest BCUT2D eigenvalue weighted by Gasteiger charge is 2.22. The Kier molecular flexibility index (Phi) is 4.83. The van der Waals surface area contributed by atoms with Gasteiger partial charge in [-0.15, -0.1) is 0 Å². The fourth-order valence-electron chi connectivity index (χ4n) is 2.99. The second-order valence-corrected chi connectivity index (χ2v) is 6.09. The number of hydrogen-bond acceptors (Lipinski definition) is 6. The summed E-state index contributed by atoms with van der Waals surface area (Å²) in [5.74, 6) is -0.450. The van der Waals surface area contributed by atoms with E-state index in [1.54, 1.807) is 25.8 Å². The summed E-state index contributed by atoms with van der Waals surface area (Å²) >= 11 is 0. The summed E-state index contributed by atoms with van der Waals surface area (Å²) in [5, 5.41) is 4.31. The Bertz CT molecular complexity index is 935. The molecule has 0 unspecified atom stereocenters. The molecule has 3 rings (SSSR count). The van der Waals surface area contributed by atoms with E-state index in [0.29, 0.717) is 24.2 Å². The van der Waals surface area contributed by atoms with Crippen LogP contribution in [-0.2, 0) is 27.3 Å². The lowest BCUT2D eigenvalue weighted by Gasteiger charge is -2.26. The zero-order valence-corrected chi connectivity index (χ0v) is 15.0. The monoisotopic (exact) mass is 356 g/mol. The highest BCUT2D eigenvalue weighted by atomic mass is 16.5. The van der Waals surface area contributed by atoms with E-state index in [1.165, 1.54) is 0 Å². The molecule has 26 heavy (non-hydrogen) atoms. The highest BCUT2D eigenvalue weighted by molar-refractivity contribution is 5.96. The predicted molar refractivity (Wildman–Crippen MR) is 94.8 cm³/mol. The van der Waals surface area contributed by atoms with Crippen molar-refractivity contribution in [3.05, 3.63) is 39.9 Å². The van der Waals surface area contributed by atoms with Crippen LogP contribution in [0.2, 0.25) is 0 Å². The summed E-state index contributed by atoms with van der Waals surface area (Å²) in [6.07, 6.45) is 1.11. The molecule has 0 radical (unpaired) electrons. The zero-order valence-electron chi connectivity index (χ0n) is 15.0. The van der Waals surface area contributed by atoms with Gasteiger partial charge >= 0.3 is 11.7 Å². The minimum absolute atomic E-state index is 0.0872. The smallest absolute Gasteiger partial charge is 0.364 e. The molecule has 0 saturated heterocycles. The molecule has 8 heteroatoms. The minimum atomic E-state index is -0.595. The summed E-state index contributed by atoms with van der Waals surface area (Å²) in [6, 6.07) is 5.65. The van der Waals surface area contributed by atoms with Crippen molar-refractivity contribution in [2.45, 2.75) is 33.2 Å². The number of carbonyl (C=O) groups is 2. The Morgan fingerprint density at radius 3 is 2.77 bits per heavy atom. The molecule has 8 nitrogen and oxygen atoms in total. The first kappa shape index (κ1) is 17.8. The molecule has 1 amide bonds. The summed E-state index contributed by atoms with van der Waals surface area (Å²) in [6.45, 7) is 3.35. The molecule has 0 bridgehead atoms. The Labute approximate surface area is 150 Å². The molecular weight excluding hydrogens is 336 g/mol. The van der Waals surface area contributed by atoms with Gasteiger partial charge in [-0.1, -0.05) is 6.07 Å². The highest BCUT2D eigenvalue weighted by Crippen LogP contribution is 2.31. The van der Waals surface area contributed by atoms with Gasteiger partial charge in [0.2, 0.25) is 5.91 Å². The first-order chi connectivity index (χ1) is 12.4. The Hall–Kier alpha value is -3.03. The van der Waals surface area contributed by atoms with E-state index in [1.807, 2.05) is 18.2 Å². The zero-order chi connectivity index (χ0) is 18.8. The second kappa shape index (κ2) is 7.07. The number of aryl methyl sites for hydroxylation is 2. The fraction of sp³-hybridized carbons (Fsp3) is 0.389. The van der Waals surface area contributed by atoms with E-state index in [0.717, 1.165) is 21.5 Å². The second-order valence-electron chi connectivity index (χ2n) is 6.09. The summed E-state index contributed by atoms with van der Waals surface area (Å²) in [7, 11) is 1.75. The molecule has 0 saturated carbocycles. The van der Waals surface area contributed by atoms with Gasteiger partial charge < -0.3 is 9.64 Å². The van der Waals surface area contributed by atoms with Crippen molar-refractivity contribution in [1.29, 1.82) is 0 Å². The Morgan fingerprint density at radius 2 is 2.04 bits per heavy atom. The van der Waals surface area contributed by atoms with Gasteiger partial charge in [-0.25, -0.2) is 9.48 Å². The number of aromatic nitrogens is 3.